The summed E-state index contributed by atoms with van der Waals surface area (Å²) in [6.45, 7) is 28.7. The van der Waals surface area contributed by atoms with E-state index in [9.17, 15) is 0 Å². The average molecular weight is 544 g/mol. The molecule has 0 saturated heterocycles. The average Bonchev–Trinajstić information content (AvgIpc) is 3.32. The van der Waals surface area contributed by atoms with Gasteiger partial charge in [0.2, 0.25) is 0 Å². The fraction of sp³-hybridized carbons (Fsp3) is 0.543. The Labute approximate surface area is 227 Å². The van der Waals surface area contributed by atoms with E-state index in [1.807, 2.05) is 0 Å². The normalized spacial score (nSPS) is 14.4. The molecule has 1 aliphatic rings. The van der Waals surface area contributed by atoms with E-state index in [1.54, 1.807) is 31.0 Å². The molecular formula is C35H51Ge. The van der Waals surface area contributed by atoms with Crippen LogP contribution in [0, 0.1) is 0 Å². The van der Waals surface area contributed by atoms with Gasteiger partial charge in [0.05, 0.1) is 0 Å². The molecule has 2 aromatic carbocycles. The maximum atomic E-state index is 2.58. The third-order valence-electron chi connectivity index (χ3n) is 7.88. The third-order valence-corrected chi connectivity index (χ3v) is 14.8. The Morgan fingerprint density at radius 3 is 0.944 bits per heavy atom. The summed E-state index contributed by atoms with van der Waals surface area (Å²) in [6, 6.07) is 10.3. The Bertz CT molecular complexity index is 962. The van der Waals surface area contributed by atoms with E-state index < -0.39 is 14.3 Å². The predicted molar refractivity (Wildman–Crippen MR) is 164 cm³/mol. The number of hydrogen-bond acceptors (Lipinski definition) is 0. The molecule has 0 aliphatic heterocycles. The molecular weight excluding hydrogens is 493 g/mol. The van der Waals surface area contributed by atoms with Crippen molar-refractivity contribution < 1.29 is 0 Å². The SMILES string of the molecule is CC(C)c1cc(C(C)C)[c]([Ge]([c]2c(C(C)C)cc(C(C)C)cc2C(C)C)[CH]2C=CC=C2)c(C(C)C)c1. The molecule has 3 rings (SSSR count). The Kier molecular flexibility index (Phi) is 9.59. The number of rotatable bonds is 9. The van der Waals surface area contributed by atoms with E-state index in [0.29, 0.717) is 40.3 Å². The summed E-state index contributed by atoms with van der Waals surface area (Å²) in [6.07, 6.45) is 9.64. The van der Waals surface area contributed by atoms with Crippen LogP contribution in [0.2, 0.25) is 4.75 Å². The summed E-state index contributed by atoms with van der Waals surface area (Å²) in [5.41, 5.74) is 9.47. The first-order chi connectivity index (χ1) is 16.8. The summed E-state index contributed by atoms with van der Waals surface area (Å²) in [5, 5.41) is 0. The van der Waals surface area contributed by atoms with E-state index in [-0.39, 0.29) is 0 Å². The van der Waals surface area contributed by atoms with E-state index in [4.69, 9.17) is 0 Å². The van der Waals surface area contributed by atoms with Crippen LogP contribution in [0.5, 0.6) is 0 Å². The second kappa shape index (κ2) is 11.9. The van der Waals surface area contributed by atoms with Crippen LogP contribution in [0.1, 0.15) is 152 Å². The molecule has 1 aliphatic carbocycles. The van der Waals surface area contributed by atoms with E-state index in [0.717, 1.165) is 0 Å². The van der Waals surface area contributed by atoms with Crippen molar-refractivity contribution in [2.45, 2.75) is 123 Å². The van der Waals surface area contributed by atoms with Gasteiger partial charge in [-0.3, -0.25) is 0 Å². The van der Waals surface area contributed by atoms with Crippen LogP contribution in [0.15, 0.2) is 48.6 Å². The summed E-state index contributed by atoms with van der Waals surface area (Å²) in [4.78, 5) is 0. The first-order valence-electron chi connectivity index (χ1n) is 14.4. The minimum absolute atomic E-state index is 0.521. The van der Waals surface area contributed by atoms with Crippen LogP contribution in [-0.4, -0.2) is 14.3 Å². The Hall–Kier alpha value is -1.54. The van der Waals surface area contributed by atoms with Crippen molar-refractivity contribution in [3.05, 3.63) is 82.0 Å². The molecule has 0 fully saturated rings. The van der Waals surface area contributed by atoms with Gasteiger partial charge in [0.25, 0.3) is 0 Å². The summed E-state index contributed by atoms with van der Waals surface area (Å²) >= 11 is -2.06. The van der Waals surface area contributed by atoms with Crippen molar-refractivity contribution in [2.75, 3.05) is 0 Å². The number of benzene rings is 2. The third kappa shape index (κ3) is 5.95. The molecule has 0 amide bonds. The quantitative estimate of drug-likeness (QED) is 0.276. The van der Waals surface area contributed by atoms with Crippen LogP contribution in [-0.2, 0) is 0 Å². The zero-order chi connectivity index (χ0) is 26.9. The van der Waals surface area contributed by atoms with Crippen molar-refractivity contribution in [3.63, 3.8) is 0 Å². The van der Waals surface area contributed by atoms with Gasteiger partial charge in [-0.05, 0) is 0 Å². The van der Waals surface area contributed by atoms with Crippen LogP contribution in [0.4, 0.5) is 0 Å². The van der Waals surface area contributed by atoms with Crippen molar-refractivity contribution in [2.24, 2.45) is 0 Å². The second-order valence-corrected chi connectivity index (χ2v) is 18.0. The molecule has 1 radical (unpaired) electrons. The Morgan fingerprint density at radius 1 is 0.444 bits per heavy atom. The first kappa shape index (κ1) is 29.0. The summed E-state index contributed by atoms with van der Waals surface area (Å²) in [7, 11) is 0. The van der Waals surface area contributed by atoms with Gasteiger partial charge < -0.3 is 0 Å². The molecule has 0 saturated carbocycles. The molecule has 0 N–H and O–H groups in total. The molecule has 1 heteroatoms. The van der Waals surface area contributed by atoms with Gasteiger partial charge in [-0.15, -0.1) is 0 Å². The number of hydrogen-bond donors (Lipinski definition) is 0. The first-order valence-corrected chi connectivity index (χ1v) is 17.7. The van der Waals surface area contributed by atoms with Gasteiger partial charge in [-0.25, -0.2) is 0 Å². The Balaban J connectivity index is 2.52. The van der Waals surface area contributed by atoms with Crippen molar-refractivity contribution >= 4 is 23.1 Å². The van der Waals surface area contributed by atoms with Gasteiger partial charge in [0, 0.05) is 0 Å². The second-order valence-electron chi connectivity index (χ2n) is 12.8. The van der Waals surface area contributed by atoms with Gasteiger partial charge in [0.1, 0.15) is 0 Å². The van der Waals surface area contributed by atoms with E-state index in [2.05, 4.69) is 132 Å². The zero-order valence-electron chi connectivity index (χ0n) is 25.2. The molecule has 2 aromatic rings. The molecule has 195 valence electrons. The van der Waals surface area contributed by atoms with E-state index >= 15 is 0 Å². The monoisotopic (exact) mass is 545 g/mol. The van der Waals surface area contributed by atoms with Crippen LogP contribution < -0.4 is 8.79 Å². The van der Waals surface area contributed by atoms with Gasteiger partial charge in [0.15, 0.2) is 0 Å². The topological polar surface area (TPSA) is 0 Å². The van der Waals surface area contributed by atoms with Crippen molar-refractivity contribution in [3.8, 4) is 0 Å². The van der Waals surface area contributed by atoms with Crippen molar-refractivity contribution in [1.82, 2.24) is 0 Å². The molecule has 0 bridgehead atoms. The summed E-state index contributed by atoms with van der Waals surface area (Å²) in [5.74, 6) is 3.18. The minimum atomic E-state index is -2.06. The maximum absolute atomic E-state index is 2.58. The van der Waals surface area contributed by atoms with Crippen molar-refractivity contribution in [1.29, 1.82) is 0 Å². The summed E-state index contributed by atoms with van der Waals surface area (Å²) < 4.78 is 4.06. The molecule has 0 nitrogen and oxygen atoms in total. The fourth-order valence-corrected chi connectivity index (χ4v) is 14.5. The predicted octanol–water partition coefficient (Wildman–Crippen LogP) is 9.53. The molecule has 0 aromatic heterocycles. The molecule has 0 atom stereocenters. The van der Waals surface area contributed by atoms with Gasteiger partial charge >= 0.3 is 228 Å². The van der Waals surface area contributed by atoms with Crippen LogP contribution >= 0.6 is 0 Å². The number of allylic oxidation sites excluding steroid dienone is 4. The van der Waals surface area contributed by atoms with Gasteiger partial charge in [-0.2, -0.15) is 0 Å². The fourth-order valence-electron chi connectivity index (χ4n) is 5.62. The Morgan fingerprint density at radius 2 is 0.722 bits per heavy atom. The van der Waals surface area contributed by atoms with E-state index in [1.165, 1.54) is 11.1 Å². The van der Waals surface area contributed by atoms with Crippen LogP contribution in [0.25, 0.3) is 0 Å². The zero-order valence-corrected chi connectivity index (χ0v) is 27.3. The molecule has 0 unspecified atom stereocenters. The molecule has 0 heterocycles. The molecule has 36 heavy (non-hydrogen) atoms. The standard InChI is InChI=1S/C35H51Ge/c1-21(2)27-17-30(23(5)6)34(31(18-27)24(7)8)36(29-15-13-14-16-29)35-32(25(9)10)19-28(22(3)4)20-33(35)26(11)12/h13-26,29H,1-12H3. The molecule has 0 spiro atoms. The van der Waals surface area contributed by atoms with Crippen LogP contribution in [0.3, 0.4) is 0 Å². The van der Waals surface area contributed by atoms with Gasteiger partial charge in [-0.1, -0.05) is 0 Å².